The van der Waals surface area contributed by atoms with Crippen LogP contribution in [0, 0.1) is 5.92 Å². The number of nitrogens with one attached hydrogen (secondary N) is 2. The molecule has 0 heterocycles. The van der Waals surface area contributed by atoms with Crippen LogP contribution in [-0.4, -0.2) is 38.8 Å². The summed E-state index contributed by atoms with van der Waals surface area (Å²) in [6.07, 6.45) is 6.67. The van der Waals surface area contributed by atoms with Crippen molar-refractivity contribution in [2.75, 3.05) is 26.8 Å². The lowest BCUT2D eigenvalue weighted by atomic mass is 9.84. The monoisotopic (exact) mass is 242 g/mol. The summed E-state index contributed by atoms with van der Waals surface area (Å²) >= 11 is 0. The first-order valence-electron chi connectivity index (χ1n) is 6.73. The van der Waals surface area contributed by atoms with Gasteiger partial charge in [-0.05, 0) is 25.7 Å². The Bertz CT molecular complexity index is 215. The van der Waals surface area contributed by atoms with Crippen molar-refractivity contribution in [2.24, 2.45) is 5.92 Å². The van der Waals surface area contributed by atoms with Gasteiger partial charge in [-0.2, -0.15) is 0 Å². The molecular weight excluding hydrogens is 216 g/mol. The summed E-state index contributed by atoms with van der Waals surface area (Å²) in [4.78, 5) is 11.5. The Morgan fingerprint density at radius 2 is 2.06 bits per heavy atom. The Morgan fingerprint density at radius 3 is 2.71 bits per heavy atom. The van der Waals surface area contributed by atoms with E-state index in [1.54, 1.807) is 7.11 Å². The van der Waals surface area contributed by atoms with Crippen LogP contribution in [0.3, 0.4) is 0 Å². The molecule has 0 spiro atoms. The predicted molar refractivity (Wildman–Crippen MR) is 68.9 cm³/mol. The third-order valence-electron chi connectivity index (χ3n) is 3.57. The molecule has 1 saturated carbocycles. The summed E-state index contributed by atoms with van der Waals surface area (Å²) in [7, 11) is 1.63. The van der Waals surface area contributed by atoms with Crippen LogP contribution >= 0.6 is 0 Å². The molecule has 1 amide bonds. The van der Waals surface area contributed by atoms with Gasteiger partial charge < -0.3 is 15.4 Å². The lowest BCUT2D eigenvalue weighted by Gasteiger charge is -2.28. The molecule has 100 valence electrons. The number of methoxy groups -OCH3 is 1. The quantitative estimate of drug-likeness (QED) is 0.662. The summed E-state index contributed by atoms with van der Waals surface area (Å²) in [5.41, 5.74) is 0. The molecule has 0 aromatic carbocycles. The smallest absolute Gasteiger partial charge is 0.234 e. The zero-order valence-corrected chi connectivity index (χ0v) is 11.1. The van der Waals surface area contributed by atoms with Crippen molar-refractivity contribution < 1.29 is 9.53 Å². The van der Waals surface area contributed by atoms with Gasteiger partial charge in [0.15, 0.2) is 0 Å². The van der Waals surface area contributed by atoms with Crippen molar-refractivity contribution in [3.8, 4) is 0 Å². The minimum Gasteiger partial charge on any atom is -0.383 e. The van der Waals surface area contributed by atoms with Crippen LogP contribution in [0.25, 0.3) is 0 Å². The first kappa shape index (κ1) is 14.5. The van der Waals surface area contributed by atoms with Gasteiger partial charge in [-0.3, -0.25) is 4.79 Å². The normalized spacial score (nSPS) is 18.9. The molecule has 0 aromatic rings. The third kappa shape index (κ3) is 6.03. The van der Waals surface area contributed by atoms with Gasteiger partial charge in [0.1, 0.15) is 0 Å². The molecule has 0 radical (unpaired) electrons. The maximum absolute atomic E-state index is 11.5. The molecule has 17 heavy (non-hydrogen) atoms. The standard InChI is InChI=1S/C13H26N2O2/c1-11(12-6-4-3-5-7-12)15-10-13(16)14-8-9-17-2/h11-12,15H,3-10H2,1-2H3,(H,14,16). The van der Waals surface area contributed by atoms with E-state index in [9.17, 15) is 4.79 Å². The number of ether oxygens (including phenoxy) is 1. The van der Waals surface area contributed by atoms with E-state index in [4.69, 9.17) is 4.74 Å². The molecule has 4 heteroatoms. The molecule has 1 fully saturated rings. The highest BCUT2D eigenvalue weighted by atomic mass is 16.5. The maximum atomic E-state index is 11.5. The van der Waals surface area contributed by atoms with Crippen LogP contribution in [0.15, 0.2) is 0 Å². The summed E-state index contributed by atoms with van der Waals surface area (Å²) in [6, 6.07) is 0.448. The van der Waals surface area contributed by atoms with Gasteiger partial charge in [-0.1, -0.05) is 19.3 Å². The van der Waals surface area contributed by atoms with E-state index < -0.39 is 0 Å². The van der Waals surface area contributed by atoms with Crippen molar-refractivity contribution in [3.05, 3.63) is 0 Å². The van der Waals surface area contributed by atoms with Crippen molar-refractivity contribution in [1.82, 2.24) is 10.6 Å². The van der Waals surface area contributed by atoms with E-state index in [1.165, 1.54) is 32.1 Å². The second kappa shape index (κ2) is 8.48. The van der Waals surface area contributed by atoms with E-state index in [0.717, 1.165) is 5.92 Å². The Morgan fingerprint density at radius 1 is 1.35 bits per heavy atom. The van der Waals surface area contributed by atoms with E-state index in [-0.39, 0.29) is 5.91 Å². The van der Waals surface area contributed by atoms with Gasteiger partial charge in [-0.15, -0.1) is 0 Å². The molecule has 1 unspecified atom stereocenters. The molecule has 0 aromatic heterocycles. The highest BCUT2D eigenvalue weighted by molar-refractivity contribution is 5.77. The Hall–Kier alpha value is -0.610. The summed E-state index contributed by atoms with van der Waals surface area (Å²) in [5.74, 6) is 0.806. The maximum Gasteiger partial charge on any atom is 0.234 e. The molecule has 0 aliphatic heterocycles. The van der Waals surface area contributed by atoms with Gasteiger partial charge in [0.05, 0.1) is 13.2 Å². The lowest BCUT2D eigenvalue weighted by Crippen LogP contribution is -2.42. The van der Waals surface area contributed by atoms with Gasteiger partial charge in [-0.25, -0.2) is 0 Å². The van der Waals surface area contributed by atoms with E-state index >= 15 is 0 Å². The largest absolute Gasteiger partial charge is 0.383 e. The molecule has 0 bridgehead atoms. The molecule has 1 aliphatic rings. The number of hydrogen-bond donors (Lipinski definition) is 2. The second-order valence-corrected chi connectivity index (χ2v) is 4.91. The molecule has 4 nitrogen and oxygen atoms in total. The third-order valence-corrected chi connectivity index (χ3v) is 3.57. The molecule has 1 aliphatic carbocycles. The van der Waals surface area contributed by atoms with Crippen LogP contribution in [0.1, 0.15) is 39.0 Å². The Labute approximate surface area is 104 Å². The molecule has 1 atom stereocenters. The van der Waals surface area contributed by atoms with E-state index in [0.29, 0.717) is 25.7 Å². The average Bonchev–Trinajstić information content (AvgIpc) is 2.37. The van der Waals surface area contributed by atoms with Crippen LogP contribution < -0.4 is 10.6 Å². The average molecular weight is 242 g/mol. The van der Waals surface area contributed by atoms with Gasteiger partial charge >= 0.3 is 0 Å². The van der Waals surface area contributed by atoms with Crippen LogP contribution in [-0.2, 0) is 9.53 Å². The van der Waals surface area contributed by atoms with E-state index in [2.05, 4.69) is 17.6 Å². The summed E-state index contributed by atoms with van der Waals surface area (Å²) < 4.78 is 4.88. The molecule has 0 saturated heterocycles. The number of rotatable bonds is 7. The molecule has 2 N–H and O–H groups in total. The lowest BCUT2D eigenvalue weighted by molar-refractivity contribution is -0.120. The van der Waals surface area contributed by atoms with Crippen molar-refractivity contribution in [3.63, 3.8) is 0 Å². The first-order valence-corrected chi connectivity index (χ1v) is 6.73. The first-order chi connectivity index (χ1) is 8.24. The molecule has 1 rings (SSSR count). The second-order valence-electron chi connectivity index (χ2n) is 4.91. The minimum absolute atomic E-state index is 0.0599. The van der Waals surface area contributed by atoms with Crippen LogP contribution in [0.5, 0.6) is 0 Å². The minimum atomic E-state index is 0.0599. The molecular formula is C13H26N2O2. The fourth-order valence-electron chi connectivity index (χ4n) is 2.41. The Balaban J connectivity index is 2.09. The highest BCUT2D eigenvalue weighted by Gasteiger charge is 2.19. The van der Waals surface area contributed by atoms with Crippen molar-refractivity contribution in [1.29, 1.82) is 0 Å². The fourth-order valence-corrected chi connectivity index (χ4v) is 2.41. The summed E-state index contributed by atoms with van der Waals surface area (Å²) in [5, 5.41) is 6.14. The predicted octanol–water partition coefficient (Wildman–Crippen LogP) is 1.31. The number of carbonyl (C=O) groups is 1. The van der Waals surface area contributed by atoms with Gasteiger partial charge in [0.2, 0.25) is 5.91 Å². The Kier molecular flexibility index (Phi) is 7.21. The van der Waals surface area contributed by atoms with Crippen LogP contribution in [0.2, 0.25) is 0 Å². The fraction of sp³-hybridized carbons (Fsp3) is 0.923. The zero-order chi connectivity index (χ0) is 12.5. The van der Waals surface area contributed by atoms with Gasteiger partial charge in [0.25, 0.3) is 0 Å². The number of carbonyl (C=O) groups excluding carboxylic acids is 1. The topological polar surface area (TPSA) is 50.4 Å². The van der Waals surface area contributed by atoms with Crippen molar-refractivity contribution in [2.45, 2.75) is 45.1 Å². The number of amides is 1. The van der Waals surface area contributed by atoms with Crippen LogP contribution in [0.4, 0.5) is 0 Å². The van der Waals surface area contributed by atoms with Gasteiger partial charge in [0, 0.05) is 19.7 Å². The highest BCUT2D eigenvalue weighted by Crippen LogP contribution is 2.26. The SMILES string of the molecule is COCCNC(=O)CNC(C)C1CCCCC1. The number of hydrogen-bond acceptors (Lipinski definition) is 3. The summed E-state index contributed by atoms with van der Waals surface area (Å²) in [6.45, 7) is 3.78. The zero-order valence-electron chi connectivity index (χ0n) is 11.1. The van der Waals surface area contributed by atoms with Crippen molar-refractivity contribution >= 4 is 5.91 Å². The van der Waals surface area contributed by atoms with E-state index in [1.807, 2.05) is 0 Å².